The van der Waals surface area contributed by atoms with Crippen molar-refractivity contribution in [2.24, 2.45) is 0 Å². The molecule has 0 aromatic carbocycles. The van der Waals surface area contributed by atoms with E-state index in [0.29, 0.717) is 18.6 Å². The molecule has 19 heavy (non-hydrogen) atoms. The molecule has 2 heterocycles. The van der Waals surface area contributed by atoms with Crippen LogP contribution < -0.4 is 11.2 Å². The fourth-order valence-corrected chi connectivity index (χ4v) is 2.23. The normalized spacial score (nSPS) is 26.8. The summed E-state index contributed by atoms with van der Waals surface area (Å²) in [6.07, 6.45) is 1.24. The zero-order valence-electron chi connectivity index (χ0n) is 11.2. The molecule has 0 saturated carbocycles. The first-order valence-electron chi connectivity index (χ1n) is 6.06. The molecular weight excluding hydrogens is 252 g/mol. The summed E-state index contributed by atoms with van der Waals surface area (Å²) in [4.78, 5) is 25.4. The minimum Gasteiger partial charge on any atom is -0.382 e. The van der Waals surface area contributed by atoms with E-state index in [9.17, 15) is 9.59 Å². The fraction of sp³-hybridized carbons (Fsp3) is 0.667. The zero-order valence-corrected chi connectivity index (χ0v) is 11.2. The number of methoxy groups -OCH3 is 2. The van der Waals surface area contributed by atoms with Crippen LogP contribution in [0.4, 0.5) is 0 Å². The van der Waals surface area contributed by atoms with E-state index in [-0.39, 0.29) is 17.8 Å². The van der Waals surface area contributed by atoms with Crippen LogP contribution in [-0.2, 0) is 14.2 Å². The van der Waals surface area contributed by atoms with Crippen molar-refractivity contribution in [3.8, 4) is 0 Å². The fourth-order valence-electron chi connectivity index (χ4n) is 2.23. The Hall–Kier alpha value is -1.44. The zero-order chi connectivity index (χ0) is 14.0. The molecule has 0 bridgehead atoms. The van der Waals surface area contributed by atoms with E-state index in [1.54, 1.807) is 21.1 Å². The maximum atomic E-state index is 11.8. The number of rotatable bonds is 4. The molecule has 1 N–H and O–H groups in total. The summed E-state index contributed by atoms with van der Waals surface area (Å²) in [5.41, 5.74) is -0.392. The molecule has 1 fully saturated rings. The topological polar surface area (TPSA) is 82.5 Å². The summed E-state index contributed by atoms with van der Waals surface area (Å²) in [5.74, 6) is 0. The average Bonchev–Trinajstić information content (AvgIpc) is 2.77. The molecule has 0 spiro atoms. The van der Waals surface area contributed by atoms with Gasteiger partial charge in [0.15, 0.2) is 0 Å². The molecule has 7 nitrogen and oxygen atoms in total. The third-order valence-electron chi connectivity index (χ3n) is 3.27. The predicted molar refractivity (Wildman–Crippen MR) is 67.3 cm³/mol. The second-order valence-corrected chi connectivity index (χ2v) is 4.57. The van der Waals surface area contributed by atoms with Crippen LogP contribution in [0.3, 0.4) is 0 Å². The van der Waals surface area contributed by atoms with Gasteiger partial charge in [-0.05, 0) is 6.92 Å². The lowest BCUT2D eigenvalue weighted by atomic mass is 10.2. The highest BCUT2D eigenvalue weighted by Crippen LogP contribution is 2.29. The quantitative estimate of drug-likeness (QED) is 0.819. The first kappa shape index (κ1) is 14.0. The van der Waals surface area contributed by atoms with E-state index in [2.05, 4.69) is 4.98 Å². The number of aromatic amines is 1. The summed E-state index contributed by atoms with van der Waals surface area (Å²) in [6.45, 7) is 2.04. The lowest BCUT2D eigenvalue weighted by molar-refractivity contribution is -0.0618. The average molecular weight is 270 g/mol. The van der Waals surface area contributed by atoms with E-state index >= 15 is 0 Å². The molecule has 1 aliphatic heterocycles. The number of nitrogens with zero attached hydrogens (tertiary/aromatic N) is 1. The summed E-state index contributed by atoms with van der Waals surface area (Å²) < 4.78 is 17.5. The number of aryl methyl sites for hydroxylation is 1. The van der Waals surface area contributed by atoms with E-state index < -0.39 is 11.9 Å². The minimum absolute atomic E-state index is 0.135. The Morgan fingerprint density at radius 1 is 1.47 bits per heavy atom. The van der Waals surface area contributed by atoms with Crippen molar-refractivity contribution >= 4 is 0 Å². The van der Waals surface area contributed by atoms with Gasteiger partial charge in [0.05, 0.1) is 12.7 Å². The first-order chi connectivity index (χ1) is 9.06. The number of hydrogen-bond acceptors (Lipinski definition) is 5. The van der Waals surface area contributed by atoms with E-state index in [1.165, 1.54) is 10.8 Å². The van der Waals surface area contributed by atoms with Gasteiger partial charge in [0.25, 0.3) is 5.56 Å². The molecule has 1 aliphatic rings. The first-order valence-corrected chi connectivity index (χ1v) is 6.06. The highest BCUT2D eigenvalue weighted by molar-refractivity contribution is 5.02. The van der Waals surface area contributed by atoms with Crippen LogP contribution in [-0.4, -0.2) is 42.6 Å². The van der Waals surface area contributed by atoms with Crippen molar-refractivity contribution in [2.75, 3.05) is 20.8 Å². The smallest absolute Gasteiger partial charge is 0.330 e. The predicted octanol–water partition coefficient (Wildman–Crippen LogP) is -0.206. The molecule has 1 saturated heterocycles. The van der Waals surface area contributed by atoms with Gasteiger partial charge >= 0.3 is 5.69 Å². The second-order valence-electron chi connectivity index (χ2n) is 4.57. The highest BCUT2D eigenvalue weighted by atomic mass is 16.6. The van der Waals surface area contributed by atoms with Gasteiger partial charge in [-0.25, -0.2) is 4.79 Å². The minimum atomic E-state index is -0.478. The van der Waals surface area contributed by atoms with E-state index in [1.807, 2.05) is 0 Å². The molecule has 0 aliphatic carbocycles. The lowest BCUT2D eigenvalue weighted by Crippen LogP contribution is -2.33. The molecule has 7 heteroatoms. The summed E-state index contributed by atoms with van der Waals surface area (Å²) in [5, 5.41) is 0. The third kappa shape index (κ3) is 2.78. The maximum absolute atomic E-state index is 11.8. The number of hydrogen-bond donors (Lipinski definition) is 1. The summed E-state index contributed by atoms with van der Waals surface area (Å²) in [6, 6.07) is 0. The van der Waals surface area contributed by atoms with Gasteiger partial charge in [0.1, 0.15) is 12.3 Å². The van der Waals surface area contributed by atoms with Crippen molar-refractivity contribution in [2.45, 2.75) is 31.8 Å². The molecule has 3 unspecified atom stereocenters. The SMILES string of the molecule is COCC1OC(n2cc(C)c(=O)[nH]c2=O)CC1OC. The van der Waals surface area contributed by atoms with Crippen molar-refractivity contribution in [3.05, 3.63) is 32.6 Å². The van der Waals surface area contributed by atoms with Crippen LogP contribution in [0.5, 0.6) is 0 Å². The van der Waals surface area contributed by atoms with E-state index in [0.717, 1.165) is 0 Å². The standard InChI is InChI=1S/C12H18N2O5/c1-7-5-14(12(16)13-11(7)15)10-4-8(18-3)9(19-10)6-17-2/h5,8-10H,4,6H2,1-3H3,(H,13,15,16). The van der Waals surface area contributed by atoms with Crippen LogP contribution >= 0.6 is 0 Å². The van der Waals surface area contributed by atoms with E-state index in [4.69, 9.17) is 14.2 Å². The molecular formula is C12H18N2O5. The third-order valence-corrected chi connectivity index (χ3v) is 3.27. The Balaban J connectivity index is 2.27. The van der Waals surface area contributed by atoms with Crippen LogP contribution in [0.15, 0.2) is 15.8 Å². The number of nitrogens with one attached hydrogen (secondary N) is 1. The van der Waals surface area contributed by atoms with Crippen molar-refractivity contribution in [1.29, 1.82) is 0 Å². The van der Waals surface area contributed by atoms with Crippen molar-refractivity contribution in [3.63, 3.8) is 0 Å². The van der Waals surface area contributed by atoms with Crippen LogP contribution in [0.25, 0.3) is 0 Å². The molecule has 1 aromatic heterocycles. The summed E-state index contributed by atoms with van der Waals surface area (Å²) >= 11 is 0. The Bertz CT molecular complexity index is 550. The Labute approximate surface area is 110 Å². The van der Waals surface area contributed by atoms with Crippen LogP contribution in [0.2, 0.25) is 0 Å². The van der Waals surface area contributed by atoms with Gasteiger partial charge in [0.2, 0.25) is 0 Å². The molecule has 106 valence electrons. The van der Waals surface area contributed by atoms with Crippen LogP contribution in [0.1, 0.15) is 18.2 Å². The lowest BCUT2D eigenvalue weighted by Gasteiger charge is -2.16. The van der Waals surface area contributed by atoms with Gasteiger partial charge in [0, 0.05) is 32.4 Å². The van der Waals surface area contributed by atoms with Gasteiger partial charge in [-0.3, -0.25) is 14.3 Å². The Morgan fingerprint density at radius 2 is 2.21 bits per heavy atom. The molecule has 0 radical (unpaired) electrons. The largest absolute Gasteiger partial charge is 0.382 e. The monoisotopic (exact) mass is 270 g/mol. The van der Waals surface area contributed by atoms with Gasteiger partial charge in [-0.1, -0.05) is 0 Å². The molecule has 3 atom stereocenters. The number of ether oxygens (including phenoxy) is 3. The van der Waals surface area contributed by atoms with Gasteiger partial charge in [-0.15, -0.1) is 0 Å². The number of H-pyrrole nitrogens is 1. The summed E-state index contributed by atoms with van der Waals surface area (Å²) in [7, 11) is 3.18. The Morgan fingerprint density at radius 3 is 2.84 bits per heavy atom. The maximum Gasteiger partial charge on any atom is 0.330 e. The second kappa shape index (κ2) is 5.68. The number of aromatic nitrogens is 2. The molecule has 1 aromatic rings. The van der Waals surface area contributed by atoms with Crippen molar-refractivity contribution < 1.29 is 14.2 Å². The van der Waals surface area contributed by atoms with Crippen LogP contribution in [0, 0.1) is 6.92 Å². The van der Waals surface area contributed by atoms with Gasteiger partial charge in [-0.2, -0.15) is 0 Å². The molecule has 0 amide bonds. The van der Waals surface area contributed by atoms with Crippen molar-refractivity contribution in [1.82, 2.24) is 9.55 Å². The Kier molecular flexibility index (Phi) is 4.18. The highest BCUT2D eigenvalue weighted by Gasteiger charge is 2.36. The molecule has 2 rings (SSSR count). The van der Waals surface area contributed by atoms with Gasteiger partial charge < -0.3 is 14.2 Å².